The topological polar surface area (TPSA) is 116 Å². The SMILES string of the molecule is CC(C)(C)OC(=O)NC(C)(C)c1noc(CSc2nnc(C(C)(C)C)o2)n1. The van der Waals surface area contributed by atoms with Gasteiger partial charge in [0.2, 0.25) is 11.8 Å². The Morgan fingerprint density at radius 3 is 2.33 bits per heavy atom. The largest absolute Gasteiger partial charge is 0.444 e. The Morgan fingerprint density at radius 2 is 1.78 bits per heavy atom. The van der Waals surface area contributed by atoms with Crippen LogP contribution in [0.5, 0.6) is 0 Å². The Labute approximate surface area is 163 Å². The van der Waals surface area contributed by atoms with E-state index in [0.29, 0.717) is 28.6 Å². The predicted octanol–water partition coefficient (Wildman–Crippen LogP) is 3.80. The number of carbonyl (C=O) groups excluding carboxylic acids is 1. The van der Waals surface area contributed by atoms with Crippen molar-refractivity contribution < 1.29 is 18.5 Å². The van der Waals surface area contributed by atoms with Gasteiger partial charge in [-0.05, 0) is 34.6 Å². The maximum Gasteiger partial charge on any atom is 0.408 e. The molecule has 1 N–H and O–H groups in total. The minimum absolute atomic E-state index is 0.208. The average Bonchev–Trinajstić information content (AvgIpc) is 3.11. The van der Waals surface area contributed by atoms with Crippen molar-refractivity contribution in [2.75, 3.05) is 0 Å². The molecule has 0 unspecified atom stereocenters. The highest BCUT2D eigenvalue weighted by Crippen LogP contribution is 2.27. The normalized spacial score (nSPS) is 12.9. The van der Waals surface area contributed by atoms with Gasteiger partial charge in [0.1, 0.15) is 11.1 Å². The number of ether oxygens (including phenoxy) is 1. The van der Waals surface area contributed by atoms with E-state index in [-0.39, 0.29) is 5.41 Å². The third kappa shape index (κ3) is 6.23. The van der Waals surface area contributed by atoms with Crippen molar-refractivity contribution in [3.05, 3.63) is 17.6 Å². The van der Waals surface area contributed by atoms with Gasteiger partial charge < -0.3 is 19.0 Å². The second kappa shape index (κ2) is 7.49. The highest BCUT2D eigenvalue weighted by atomic mass is 32.2. The lowest BCUT2D eigenvalue weighted by molar-refractivity contribution is 0.0465. The number of nitrogens with zero attached hydrogens (tertiary/aromatic N) is 4. The van der Waals surface area contributed by atoms with Crippen LogP contribution in [0.1, 0.15) is 73.0 Å². The van der Waals surface area contributed by atoms with E-state index in [9.17, 15) is 4.79 Å². The molecule has 0 atom stereocenters. The smallest absolute Gasteiger partial charge is 0.408 e. The number of aromatic nitrogens is 4. The molecule has 0 bridgehead atoms. The Bertz CT molecular complexity index is 786. The molecule has 1 amide bonds. The van der Waals surface area contributed by atoms with Gasteiger partial charge in [0.05, 0.1) is 5.75 Å². The molecule has 0 aliphatic carbocycles. The maximum atomic E-state index is 12.0. The van der Waals surface area contributed by atoms with Crippen LogP contribution >= 0.6 is 11.8 Å². The van der Waals surface area contributed by atoms with Crippen LogP contribution in [0.2, 0.25) is 0 Å². The molecule has 27 heavy (non-hydrogen) atoms. The first-order valence-corrected chi connectivity index (χ1v) is 9.56. The van der Waals surface area contributed by atoms with Gasteiger partial charge in [0.15, 0.2) is 5.82 Å². The van der Waals surface area contributed by atoms with Crippen LogP contribution in [-0.2, 0) is 21.4 Å². The second-order valence-corrected chi connectivity index (χ2v) is 9.60. The molecule has 2 aromatic rings. The Morgan fingerprint density at radius 1 is 1.11 bits per heavy atom. The van der Waals surface area contributed by atoms with Gasteiger partial charge in [-0.25, -0.2) is 4.79 Å². The molecule has 0 radical (unpaired) electrons. The number of thioether (sulfide) groups is 1. The van der Waals surface area contributed by atoms with Crippen LogP contribution < -0.4 is 5.32 Å². The highest BCUT2D eigenvalue weighted by Gasteiger charge is 2.31. The first kappa shape index (κ1) is 21.2. The van der Waals surface area contributed by atoms with E-state index in [1.165, 1.54) is 11.8 Å². The van der Waals surface area contributed by atoms with Crippen molar-refractivity contribution in [2.45, 2.75) is 82.9 Å². The van der Waals surface area contributed by atoms with Gasteiger partial charge in [-0.15, -0.1) is 10.2 Å². The molecule has 2 heterocycles. The lowest BCUT2D eigenvalue weighted by atomic mass is 9.97. The van der Waals surface area contributed by atoms with Gasteiger partial charge in [0, 0.05) is 5.41 Å². The number of hydrogen-bond donors (Lipinski definition) is 1. The van der Waals surface area contributed by atoms with Crippen molar-refractivity contribution >= 4 is 17.9 Å². The van der Waals surface area contributed by atoms with E-state index in [0.717, 1.165) is 0 Å². The first-order valence-electron chi connectivity index (χ1n) is 8.57. The molecule has 2 rings (SSSR count). The number of amides is 1. The van der Waals surface area contributed by atoms with Gasteiger partial charge in [-0.1, -0.05) is 37.7 Å². The number of rotatable bonds is 5. The van der Waals surface area contributed by atoms with Crippen molar-refractivity contribution in [3.63, 3.8) is 0 Å². The minimum atomic E-state index is -0.849. The highest BCUT2D eigenvalue weighted by molar-refractivity contribution is 7.98. The molecule has 9 nitrogen and oxygen atoms in total. The molecule has 0 fully saturated rings. The van der Waals surface area contributed by atoms with Crippen LogP contribution in [0, 0.1) is 0 Å². The summed E-state index contributed by atoms with van der Waals surface area (Å²) in [5, 5.41) is 15.2. The van der Waals surface area contributed by atoms with Gasteiger partial charge >= 0.3 is 6.09 Å². The molecule has 0 aromatic carbocycles. The lowest BCUT2D eigenvalue weighted by Crippen LogP contribution is -2.44. The van der Waals surface area contributed by atoms with Gasteiger partial charge in [-0.3, -0.25) is 0 Å². The van der Waals surface area contributed by atoms with E-state index in [1.807, 2.05) is 20.8 Å². The van der Waals surface area contributed by atoms with Crippen LogP contribution in [0.25, 0.3) is 0 Å². The standard InChI is InChI=1S/C17H27N5O4S/c1-15(2,3)12-20-21-14(24-12)27-9-10-18-11(22-26-10)17(7,8)19-13(23)25-16(4,5)6/h9H2,1-8H3,(H,19,23). The average molecular weight is 398 g/mol. The summed E-state index contributed by atoms with van der Waals surface area (Å²) < 4.78 is 16.2. The third-order valence-electron chi connectivity index (χ3n) is 3.21. The summed E-state index contributed by atoms with van der Waals surface area (Å²) in [6, 6.07) is 0. The molecular formula is C17H27N5O4S. The molecule has 150 valence electrons. The molecule has 2 aromatic heterocycles. The van der Waals surface area contributed by atoms with Crippen molar-refractivity contribution in [2.24, 2.45) is 0 Å². The van der Waals surface area contributed by atoms with Gasteiger partial charge in [0.25, 0.3) is 5.22 Å². The fourth-order valence-corrected chi connectivity index (χ4v) is 2.48. The zero-order chi connectivity index (χ0) is 20.5. The Kier molecular flexibility index (Phi) is 5.88. The monoisotopic (exact) mass is 397 g/mol. The molecule has 0 aliphatic heterocycles. The number of hydrogen-bond acceptors (Lipinski definition) is 9. The Hall–Kier alpha value is -2.10. The fourth-order valence-electron chi connectivity index (χ4n) is 1.88. The zero-order valence-electron chi connectivity index (χ0n) is 17.0. The summed E-state index contributed by atoms with van der Waals surface area (Å²) in [6.07, 6.45) is -0.547. The molecule has 0 saturated heterocycles. The lowest BCUT2D eigenvalue weighted by Gasteiger charge is -2.26. The van der Waals surface area contributed by atoms with Crippen LogP contribution in [0.4, 0.5) is 4.79 Å². The zero-order valence-corrected chi connectivity index (χ0v) is 17.9. The Balaban J connectivity index is 1.97. The summed E-state index contributed by atoms with van der Waals surface area (Å²) in [4.78, 5) is 16.3. The number of carbonyl (C=O) groups is 1. The summed E-state index contributed by atoms with van der Waals surface area (Å²) >= 11 is 1.31. The molecule has 10 heteroatoms. The quantitative estimate of drug-likeness (QED) is 0.752. The van der Waals surface area contributed by atoms with Crippen molar-refractivity contribution in [1.82, 2.24) is 25.7 Å². The van der Waals surface area contributed by atoms with Gasteiger partial charge in [-0.2, -0.15) is 4.98 Å². The summed E-state index contributed by atoms with van der Waals surface area (Å²) in [6.45, 7) is 14.9. The molecule has 0 spiro atoms. The van der Waals surface area contributed by atoms with Crippen LogP contribution in [-0.4, -0.2) is 32.0 Å². The molecule has 0 saturated carbocycles. The summed E-state index contributed by atoms with van der Waals surface area (Å²) in [5.41, 5.74) is -1.64. The van der Waals surface area contributed by atoms with Crippen molar-refractivity contribution in [3.8, 4) is 0 Å². The first-order chi connectivity index (χ1) is 12.3. The predicted molar refractivity (Wildman–Crippen MR) is 99.3 cm³/mol. The van der Waals surface area contributed by atoms with E-state index < -0.39 is 17.2 Å². The molecular weight excluding hydrogens is 370 g/mol. The second-order valence-electron chi connectivity index (χ2n) is 8.68. The number of nitrogens with one attached hydrogen (secondary N) is 1. The molecule has 0 aliphatic rings. The van der Waals surface area contributed by atoms with E-state index >= 15 is 0 Å². The fraction of sp³-hybridized carbons (Fsp3) is 0.706. The summed E-state index contributed by atoms with van der Waals surface area (Å²) in [5.74, 6) is 1.69. The summed E-state index contributed by atoms with van der Waals surface area (Å²) in [7, 11) is 0. The van der Waals surface area contributed by atoms with E-state index in [1.54, 1.807) is 34.6 Å². The van der Waals surface area contributed by atoms with Crippen molar-refractivity contribution in [1.29, 1.82) is 0 Å². The maximum absolute atomic E-state index is 12.0. The van der Waals surface area contributed by atoms with Crippen LogP contribution in [0.3, 0.4) is 0 Å². The third-order valence-corrected chi connectivity index (χ3v) is 4.01. The number of alkyl carbamates (subject to hydrolysis) is 1. The van der Waals surface area contributed by atoms with Crippen LogP contribution in [0.15, 0.2) is 14.2 Å². The minimum Gasteiger partial charge on any atom is -0.444 e. The van der Waals surface area contributed by atoms with E-state index in [4.69, 9.17) is 13.7 Å². The van der Waals surface area contributed by atoms with E-state index in [2.05, 4.69) is 25.7 Å².